The van der Waals surface area contributed by atoms with Crippen molar-refractivity contribution in [1.29, 1.82) is 0 Å². The molecule has 2 saturated carbocycles. The Bertz CT molecular complexity index is 1100. The van der Waals surface area contributed by atoms with Gasteiger partial charge in [0.15, 0.2) is 34.7 Å². The van der Waals surface area contributed by atoms with Crippen molar-refractivity contribution in [3.05, 3.63) is 23.3 Å². The highest BCUT2D eigenvalue weighted by molar-refractivity contribution is 6.31. The average molecular weight is 444 g/mol. The Morgan fingerprint density at radius 1 is 1.16 bits per heavy atom. The third-order valence-corrected chi connectivity index (χ3v) is 7.30. The number of hydrogen-bond acceptors (Lipinski definition) is 9. The van der Waals surface area contributed by atoms with Crippen LogP contribution in [0.1, 0.15) is 35.2 Å². The van der Waals surface area contributed by atoms with Gasteiger partial charge >= 0.3 is 0 Å². The molecule has 32 heavy (non-hydrogen) atoms. The Morgan fingerprint density at radius 3 is 2.34 bits per heavy atom. The van der Waals surface area contributed by atoms with Crippen molar-refractivity contribution in [2.45, 2.75) is 31.0 Å². The number of Topliss-reactive ketones (excluding diaryl/α,β-unsaturated/α-hetero) is 4. The molecule has 2 unspecified atom stereocenters. The Labute approximate surface area is 183 Å². The second-order valence-electron chi connectivity index (χ2n) is 9.09. The van der Waals surface area contributed by atoms with E-state index >= 15 is 0 Å². The molecule has 0 aromatic heterocycles. The molecule has 3 aliphatic carbocycles. The summed E-state index contributed by atoms with van der Waals surface area (Å²) in [5.74, 6) is -12.8. The molecule has 2 fully saturated rings. The topological polar surface area (TPSA) is 175 Å². The molecule has 0 heterocycles. The predicted molar refractivity (Wildman–Crippen MR) is 109 cm³/mol. The lowest BCUT2D eigenvalue weighted by Crippen LogP contribution is -2.72. The third kappa shape index (κ3) is 2.56. The van der Waals surface area contributed by atoms with E-state index in [1.807, 2.05) is 0 Å². The van der Waals surface area contributed by atoms with Crippen LogP contribution in [0.4, 0.5) is 5.69 Å². The normalized spacial score (nSPS) is 36.3. The first-order valence-corrected chi connectivity index (χ1v) is 10.2. The number of carbonyl (C=O) groups excluding carboxylic acids is 5. The standard InChI is InChI=1S/C22H24N2O8/c1-7-12-9(24(2)3)4-5-10(25)14(12)18(28)16-13(7)17(27)8-6-11(26)15(21(23)31)19(29)22(8,32)20(16)30/h4-5,7-8,13,15-17,25,27,32H,6H2,1-3H3,(H2,23,31)/t7-,8+,13+,15?,16?,17+,22+/m0/s1. The quantitative estimate of drug-likeness (QED) is 0.414. The molecule has 10 heteroatoms. The van der Waals surface area contributed by atoms with Crippen molar-refractivity contribution >= 4 is 34.7 Å². The molecule has 170 valence electrons. The van der Waals surface area contributed by atoms with E-state index in [2.05, 4.69) is 0 Å². The summed E-state index contributed by atoms with van der Waals surface area (Å²) in [6.07, 6.45) is -2.19. The van der Waals surface area contributed by atoms with Crippen molar-refractivity contribution in [3.8, 4) is 5.75 Å². The average Bonchev–Trinajstić information content (AvgIpc) is 2.70. The maximum absolute atomic E-state index is 13.5. The number of hydrogen-bond donors (Lipinski definition) is 4. The van der Waals surface area contributed by atoms with Gasteiger partial charge in [0.2, 0.25) is 5.91 Å². The molecule has 1 amide bonds. The van der Waals surface area contributed by atoms with Crippen molar-refractivity contribution in [1.82, 2.24) is 0 Å². The first kappa shape index (κ1) is 22.1. The van der Waals surface area contributed by atoms with Crippen LogP contribution in [0.5, 0.6) is 5.75 Å². The van der Waals surface area contributed by atoms with Gasteiger partial charge in [-0.15, -0.1) is 0 Å². The molecule has 4 rings (SSSR count). The number of phenols is 1. The summed E-state index contributed by atoms with van der Waals surface area (Å²) in [5, 5.41) is 32.8. The molecular formula is C22H24N2O8. The van der Waals surface area contributed by atoms with Crippen LogP contribution in [-0.4, -0.2) is 70.2 Å². The number of aliphatic hydroxyl groups is 2. The molecule has 10 nitrogen and oxygen atoms in total. The van der Waals surface area contributed by atoms with Crippen LogP contribution in [0.2, 0.25) is 0 Å². The maximum Gasteiger partial charge on any atom is 0.235 e. The number of primary amides is 1. The van der Waals surface area contributed by atoms with Crippen molar-refractivity contribution in [2.75, 3.05) is 19.0 Å². The summed E-state index contributed by atoms with van der Waals surface area (Å²) in [5.41, 5.74) is 3.16. The summed E-state index contributed by atoms with van der Waals surface area (Å²) in [7, 11) is 3.47. The van der Waals surface area contributed by atoms with E-state index < -0.39 is 76.8 Å². The van der Waals surface area contributed by atoms with Crippen LogP contribution < -0.4 is 10.6 Å². The van der Waals surface area contributed by atoms with Crippen LogP contribution in [-0.2, 0) is 19.2 Å². The second kappa shape index (κ2) is 6.94. The van der Waals surface area contributed by atoms with Gasteiger partial charge in [-0.3, -0.25) is 24.0 Å². The van der Waals surface area contributed by atoms with E-state index in [0.29, 0.717) is 11.3 Å². The maximum atomic E-state index is 13.5. The Balaban J connectivity index is 1.93. The number of nitrogens with two attached hydrogens (primary N) is 1. The molecule has 1 aromatic rings. The van der Waals surface area contributed by atoms with E-state index in [-0.39, 0.29) is 11.3 Å². The minimum atomic E-state index is -2.91. The molecule has 0 bridgehead atoms. The van der Waals surface area contributed by atoms with Crippen molar-refractivity contribution in [3.63, 3.8) is 0 Å². The molecule has 0 spiro atoms. The number of benzene rings is 1. The highest BCUT2D eigenvalue weighted by Gasteiger charge is 2.70. The van der Waals surface area contributed by atoms with E-state index in [1.54, 1.807) is 32.0 Å². The van der Waals surface area contributed by atoms with E-state index in [1.165, 1.54) is 6.07 Å². The van der Waals surface area contributed by atoms with Gasteiger partial charge in [-0.2, -0.15) is 0 Å². The fraction of sp³-hybridized carbons (Fsp3) is 0.500. The van der Waals surface area contributed by atoms with Crippen LogP contribution in [0, 0.1) is 23.7 Å². The lowest BCUT2D eigenvalue weighted by atomic mass is 9.50. The number of carbonyl (C=O) groups is 5. The second-order valence-corrected chi connectivity index (χ2v) is 9.09. The number of anilines is 1. The largest absolute Gasteiger partial charge is 0.507 e. The zero-order chi connectivity index (χ0) is 23.9. The van der Waals surface area contributed by atoms with Gasteiger partial charge in [0, 0.05) is 38.0 Å². The molecule has 1 aromatic carbocycles. The Morgan fingerprint density at radius 2 is 1.78 bits per heavy atom. The van der Waals surface area contributed by atoms with Gasteiger partial charge in [0.25, 0.3) is 0 Å². The zero-order valence-electron chi connectivity index (χ0n) is 17.7. The molecule has 7 atom stereocenters. The Kier molecular flexibility index (Phi) is 4.80. The van der Waals surface area contributed by atoms with Crippen LogP contribution >= 0.6 is 0 Å². The number of aliphatic hydroxyl groups excluding tert-OH is 1. The van der Waals surface area contributed by atoms with Crippen molar-refractivity contribution in [2.24, 2.45) is 29.4 Å². The number of rotatable bonds is 2. The summed E-state index contributed by atoms with van der Waals surface area (Å²) in [6, 6.07) is 2.92. The van der Waals surface area contributed by atoms with Gasteiger partial charge in [0.05, 0.1) is 17.6 Å². The number of nitrogens with zero attached hydrogens (tertiary/aromatic N) is 1. The lowest BCUT2D eigenvalue weighted by molar-refractivity contribution is -0.189. The van der Waals surface area contributed by atoms with E-state index in [0.717, 1.165) is 0 Å². The first-order chi connectivity index (χ1) is 14.8. The van der Waals surface area contributed by atoms with Crippen LogP contribution in [0.3, 0.4) is 0 Å². The lowest BCUT2D eigenvalue weighted by Gasteiger charge is -2.53. The highest BCUT2D eigenvalue weighted by atomic mass is 16.3. The van der Waals surface area contributed by atoms with E-state index in [9.17, 15) is 39.3 Å². The number of fused-ring (bicyclic) bond motifs is 3. The smallest absolute Gasteiger partial charge is 0.235 e. The molecule has 3 aliphatic rings. The summed E-state index contributed by atoms with van der Waals surface area (Å²) in [6.45, 7) is 1.68. The molecule has 0 radical (unpaired) electrons. The monoisotopic (exact) mass is 444 g/mol. The zero-order valence-corrected chi connectivity index (χ0v) is 17.7. The van der Waals surface area contributed by atoms with Crippen LogP contribution in [0.25, 0.3) is 0 Å². The highest BCUT2D eigenvalue weighted by Crippen LogP contribution is 2.55. The number of ketones is 4. The number of phenolic OH excluding ortho intramolecular Hbond substituents is 1. The third-order valence-electron chi connectivity index (χ3n) is 7.30. The van der Waals surface area contributed by atoms with Gasteiger partial charge < -0.3 is 26.0 Å². The van der Waals surface area contributed by atoms with Gasteiger partial charge in [-0.05, 0) is 23.6 Å². The summed E-state index contributed by atoms with van der Waals surface area (Å²) < 4.78 is 0. The number of amides is 1. The van der Waals surface area contributed by atoms with Gasteiger partial charge in [0.1, 0.15) is 5.75 Å². The molecule has 0 saturated heterocycles. The molecule has 0 aliphatic heterocycles. The SMILES string of the molecule is C[C@H]1c2c(N(C)C)ccc(O)c2C(=O)C2C(=O)[C@]3(O)C(=O)C(C(N)=O)C(=O)C[C@@H]3[C@@H](O)[C@@H]21. The molecular weight excluding hydrogens is 420 g/mol. The van der Waals surface area contributed by atoms with E-state index in [4.69, 9.17) is 5.73 Å². The van der Waals surface area contributed by atoms with Crippen LogP contribution in [0.15, 0.2) is 12.1 Å². The Hall–Kier alpha value is -3.11. The van der Waals surface area contributed by atoms with Gasteiger partial charge in [-0.25, -0.2) is 0 Å². The first-order valence-electron chi connectivity index (χ1n) is 10.2. The summed E-state index contributed by atoms with van der Waals surface area (Å²) in [4.78, 5) is 65.7. The fourth-order valence-corrected chi connectivity index (χ4v) is 5.80. The van der Waals surface area contributed by atoms with Gasteiger partial charge in [-0.1, -0.05) is 6.92 Å². The minimum absolute atomic E-state index is 0.113. The molecule has 5 N–H and O–H groups in total. The number of aromatic hydroxyl groups is 1. The minimum Gasteiger partial charge on any atom is -0.507 e. The fourth-order valence-electron chi connectivity index (χ4n) is 5.80. The predicted octanol–water partition coefficient (Wildman–Crippen LogP) is -1.08. The van der Waals surface area contributed by atoms with Crippen molar-refractivity contribution < 1.29 is 39.3 Å². The summed E-state index contributed by atoms with van der Waals surface area (Å²) >= 11 is 0.